The van der Waals surface area contributed by atoms with Crippen LogP contribution in [0.1, 0.15) is 10.4 Å². The Morgan fingerprint density at radius 3 is 2.63 bits per heavy atom. The summed E-state index contributed by atoms with van der Waals surface area (Å²) >= 11 is 4.64. The number of rotatable bonds is 3. The minimum absolute atomic E-state index is 0.0230. The van der Waals surface area contributed by atoms with Crippen LogP contribution < -0.4 is 10.6 Å². The van der Waals surface area contributed by atoms with Gasteiger partial charge in [0.1, 0.15) is 0 Å². The highest BCUT2D eigenvalue weighted by atomic mass is 79.9. The van der Waals surface area contributed by atoms with Gasteiger partial charge in [-0.3, -0.25) is 0 Å². The molecule has 0 fully saturated rings. The number of thiophene rings is 1. The van der Waals surface area contributed by atoms with E-state index < -0.39 is 12.0 Å². The van der Waals surface area contributed by atoms with Crippen LogP contribution in [0, 0.1) is 0 Å². The summed E-state index contributed by atoms with van der Waals surface area (Å²) in [6.45, 7) is 0. The van der Waals surface area contributed by atoms with Crippen molar-refractivity contribution in [3.63, 3.8) is 0 Å². The smallest absolute Gasteiger partial charge is 0.337 e. The molecular formula is C12H9BrN2O3S. The van der Waals surface area contributed by atoms with Crippen molar-refractivity contribution in [1.29, 1.82) is 0 Å². The van der Waals surface area contributed by atoms with Crippen molar-refractivity contribution in [3.05, 3.63) is 45.1 Å². The highest BCUT2D eigenvalue weighted by molar-refractivity contribution is 9.10. The predicted octanol–water partition coefficient (Wildman–Crippen LogP) is 3.85. The quantitative estimate of drug-likeness (QED) is 0.793. The number of carbonyl (C=O) groups is 2. The Labute approximate surface area is 121 Å². The molecule has 0 saturated carbocycles. The average Bonchev–Trinajstić information content (AvgIpc) is 2.83. The van der Waals surface area contributed by atoms with E-state index in [-0.39, 0.29) is 11.3 Å². The molecule has 0 spiro atoms. The molecule has 1 aromatic carbocycles. The molecule has 0 radical (unpaired) electrons. The van der Waals surface area contributed by atoms with Gasteiger partial charge in [0.05, 0.1) is 16.9 Å². The summed E-state index contributed by atoms with van der Waals surface area (Å²) in [5.41, 5.74) is 0.926. The molecule has 19 heavy (non-hydrogen) atoms. The molecule has 0 atom stereocenters. The number of halogens is 1. The molecule has 3 N–H and O–H groups in total. The first-order valence-corrected chi connectivity index (χ1v) is 6.93. The molecule has 0 aliphatic heterocycles. The van der Waals surface area contributed by atoms with Gasteiger partial charge in [0.2, 0.25) is 0 Å². The Kier molecular flexibility index (Phi) is 4.18. The largest absolute Gasteiger partial charge is 0.478 e. The number of amides is 2. The van der Waals surface area contributed by atoms with Crippen molar-refractivity contribution in [1.82, 2.24) is 0 Å². The summed E-state index contributed by atoms with van der Waals surface area (Å²) < 4.78 is 0.633. The van der Waals surface area contributed by atoms with Crippen LogP contribution >= 0.6 is 27.3 Å². The van der Waals surface area contributed by atoms with Gasteiger partial charge >= 0.3 is 12.0 Å². The van der Waals surface area contributed by atoms with Crippen molar-refractivity contribution in [3.8, 4) is 0 Å². The number of benzene rings is 1. The fourth-order valence-electron chi connectivity index (χ4n) is 1.42. The standard InChI is InChI=1S/C12H9BrN2O3S/c13-7-1-2-10(9(5-7)11(16)17)15-12(18)14-8-3-4-19-6-8/h1-6H,(H,16,17)(H2,14,15,18). The first-order chi connectivity index (χ1) is 9.06. The minimum Gasteiger partial charge on any atom is -0.478 e. The number of carbonyl (C=O) groups excluding carboxylic acids is 1. The van der Waals surface area contributed by atoms with Crippen LogP contribution in [0.4, 0.5) is 16.2 Å². The third-order valence-electron chi connectivity index (χ3n) is 2.24. The molecule has 0 aliphatic rings. The summed E-state index contributed by atoms with van der Waals surface area (Å²) in [6.07, 6.45) is 0. The van der Waals surface area contributed by atoms with E-state index in [9.17, 15) is 9.59 Å². The summed E-state index contributed by atoms with van der Waals surface area (Å²) in [5, 5.41) is 17.8. The van der Waals surface area contributed by atoms with Crippen molar-refractivity contribution in [2.45, 2.75) is 0 Å². The van der Waals surface area contributed by atoms with Crippen molar-refractivity contribution < 1.29 is 14.7 Å². The van der Waals surface area contributed by atoms with Crippen molar-refractivity contribution in [2.75, 3.05) is 10.6 Å². The maximum Gasteiger partial charge on any atom is 0.337 e. The molecule has 7 heteroatoms. The zero-order chi connectivity index (χ0) is 13.8. The van der Waals surface area contributed by atoms with Gasteiger partial charge in [0, 0.05) is 9.85 Å². The van der Waals surface area contributed by atoms with Gasteiger partial charge in [-0.25, -0.2) is 9.59 Å². The molecule has 98 valence electrons. The van der Waals surface area contributed by atoms with Crippen LogP contribution in [0.25, 0.3) is 0 Å². The molecule has 0 aliphatic carbocycles. The van der Waals surface area contributed by atoms with E-state index in [1.807, 2.05) is 5.38 Å². The van der Waals surface area contributed by atoms with Gasteiger partial charge in [-0.2, -0.15) is 11.3 Å². The maximum absolute atomic E-state index is 11.7. The van der Waals surface area contributed by atoms with Crippen LogP contribution in [0.5, 0.6) is 0 Å². The van der Waals surface area contributed by atoms with Crippen LogP contribution in [0.3, 0.4) is 0 Å². The summed E-state index contributed by atoms with van der Waals surface area (Å²) in [7, 11) is 0. The molecule has 0 bridgehead atoms. The number of urea groups is 1. The fraction of sp³-hybridized carbons (Fsp3) is 0. The van der Waals surface area contributed by atoms with Crippen molar-refractivity contribution in [2.24, 2.45) is 0 Å². The fourth-order valence-corrected chi connectivity index (χ4v) is 2.37. The van der Waals surface area contributed by atoms with E-state index in [4.69, 9.17) is 5.11 Å². The van der Waals surface area contributed by atoms with Crippen LogP contribution in [-0.4, -0.2) is 17.1 Å². The van der Waals surface area contributed by atoms with Crippen LogP contribution in [0.2, 0.25) is 0 Å². The second kappa shape index (κ2) is 5.85. The Hall–Kier alpha value is -1.86. The second-order valence-electron chi connectivity index (χ2n) is 3.59. The number of carboxylic acids is 1. The maximum atomic E-state index is 11.7. The first kappa shape index (κ1) is 13.6. The van der Waals surface area contributed by atoms with Crippen LogP contribution in [0.15, 0.2) is 39.5 Å². The normalized spacial score (nSPS) is 9.95. The van der Waals surface area contributed by atoms with Crippen LogP contribution in [-0.2, 0) is 0 Å². The molecular weight excluding hydrogens is 332 g/mol. The third-order valence-corrected chi connectivity index (χ3v) is 3.42. The van der Waals surface area contributed by atoms with E-state index >= 15 is 0 Å². The van der Waals surface area contributed by atoms with Gasteiger partial charge in [0.15, 0.2) is 0 Å². The Bertz CT molecular complexity index is 613. The lowest BCUT2D eigenvalue weighted by molar-refractivity contribution is 0.0698. The van der Waals surface area contributed by atoms with Gasteiger partial charge in [0.25, 0.3) is 0 Å². The molecule has 2 rings (SSSR count). The molecule has 1 heterocycles. The minimum atomic E-state index is -1.10. The topological polar surface area (TPSA) is 78.4 Å². The van der Waals surface area contributed by atoms with Gasteiger partial charge in [-0.1, -0.05) is 15.9 Å². The van der Waals surface area contributed by atoms with E-state index in [2.05, 4.69) is 26.6 Å². The average molecular weight is 341 g/mol. The van der Waals surface area contributed by atoms with Crippen molar-refractivity contribution >= 4 is 50.6 Å². The van der Waals surface area contributed by atoms with E-state index in [0.29, 0.717) is 10.2 Å². The highest BCUT2D eigenvalue weighted by Gasteiger charge is 2.13. The number of hydrogen-bond acceptors (Lipinski definition) is 3. The third kappa shape index (κ3) is 3.55. The molecule has 0 saturated heterocycles. The number of anilines is 2. The lowest BCUT2D eigenvalue weighted by Gasteiger charge is -2.09. The first-order valence-electron chi connectivity index (χ1n) is 5.19. The summed E-state index contributed by atoms with van der Waals surface area (Å²) in [6, 6.07) is 5.89. The number of nitrogens with one attached hydrogen (secondary N) is 2. The molecule has 2 aromatic rings. The number of carboxylic acid groups (broad SMARTS) is 1. The zero-order valence-corrected chi connectivity index (χ0v) is 11.9. The zero-order valence-electron chi connectivity index (χ0n) is 9.51. The molecule has 5 nitrogen and oxygen atoms in total. The molecule has 0 unspecified atom stereocenters. The van der Waals surface area contributed by atoms with Gasteiger partial charge < -0.3 is 15.7 Å². The second-order valence-corrected chi connectivity index (χ2v) is 5.28. The number of aromatic carboxylic acids is 1. The molecule has 2 amide bonds. The van der Waals surface area contributed by atoms with Gasteiger partial charge in [-0.15, -0.1) is 0 Å². The highest BCUT2D eigenvalue weighted by Crippen LogP contribution is 2.21. The SMILES string of the molecule is O=C(Nc1ccsc1)Nc1ccc(Br)cc1C(=O)O. The van der Waals surface area contributed by atoms with E-state index in [0.717, 1.165) is 0 Å². The summed E-state index contributed by atoms with van der Waals surface area (Å²) in [4.78, 5) is 22.8. The lowest BCUT2D eigenvalue weighted by Crippen LogP contribution is -2.20. The number of hydrogen-bond donors (Lipinski definition) is 3. The van der Waals surface area contributed by atoms with Gasteiger partial charge in [-0.05, 0) is 29.6 Å². The molecule has 1 aromatic heterocycles. The summed E-state index contributed by atoms with van der Waals surface area (Å²) in [5.74, 6) is -1.10. The Balaban J connectivity index is 2.14. The van der Waals surface area contributed by atoms with E-state index in [1.54, 1.807) is 17.5 Å². The predicted molar refractivity (Wildman–Crippen MR) is 78.1 cm³/mol. The van der Waals surface area contributed by atoms with E-state index in [1.165, 1.54) is 23.5 Å². The Morgan fingerprint density at radius 2 is 2.00 bits per heavy atom. The lowest BCUT2D eigenvalue weighted by atomic mass is 10.2. The monoisotopic (exact) mass is 340 g/mol. The Morgan fingerprint density at radius 1 is 1.21 bits per heavy atom.